The molecule has 1 fully saturated rings. The molecule has 1 aliphatic rings. The summed E-state index contributed by atoms with van der Waals surface area (Å²) < 4.78 is 33.2. The number of nitrogens with two attached hydrogens (primary N) is 1. The van der Waals surface area contributed by atoms with E-state index in [2.05, 4.69) is 11.6 Å². The van der Waals surface area contributed by atoms with Crippen LogP contribution in [0.4, 0.5) is 5.69 Å². The summed E-state index contributed by atoms with van der Waals surface area (Å²) in [4.78, 5) is 0.120. The molecule has 5 nitrogen and oxygen atoms in total. The zero-order valence-corrected chi connectivity index (χ0v) is 13.5. The van der Waals surface area contributed by atoms with Crippen LogP contribution in [-0.4, -0.2) is 21.6 Å². The van der Waals surface area contributed by atoms with Crippen LogP contribution in [0.1, 0.15) is 39.5 Å². The number of anilines is 1. The molecule has 0 aliphatic heterocycles. The van der Waals surface area contributed by atoms with Crippen LogP contribution in [-0.2, 0) is 10.0 Å². The molecular weight excluding hydrogens is 288 g/mol. The van der Waals surface area contributed by atoms with Gasteiger partial charge < -0.3 is 10.5 Å². The number of sulfonamides is 1. The summed E-state index contributed by atoms with van der Waals surface area (Å²) in [5.41, 5.74) is 6.25. The molecule has 0 radical (unpaired) electrons. The summed E-state index contributed by atoms with van der Waals surface area (Å²) in [5.74, 6) is 0.346. The molecule has 1 saturated carbocycles. The monoisotopic (exact) mass is 312 g/mol. The lowest BCUT2D eigenvalue weighted by Crippen LogP contribution is -2.41. The van der Waals surface area contributed by atoms with Gasteiger partial charge >= 0.3 is 0 Å². The lowest BCUT2D eigenvalue weighted by atomic mass is 9.67. The molecule has 0 unspecified atom stereocenters. The second kappa shape index (κ2) is 6.23. The van der Waals surface area contributed by atoms with Gasteiger partial charge in [0.15, 0.2) is 0 Å². The first-order valence-electron chi connectivity index (χ1n) is 7.44. The maximum atomic E-state index is 12.5. The fourth-order valence-corrected chi connectivity index (χ4v) is 4.00. The number of benzene rings is 1. The Hall–Kier alpha value is -1.27. The Bertz CT molecular complexity index is 589. The van der Waals surface area contributed by atoms with Gasteiger partial charge in [0.1, 0.15) is 10.6 Å². The van der Waals surface area contributed by atoms with Crippen molar-refractivity contribution in [3.8, 4) is 5.75 Å². The van der Waals surface area contributed by atoms with Gasteiger partial charge in [0.05, 0.1) is 6.61 Å². The first-order chi connectivity index (χ1) is 9.92. The largest absolute Gasteiger partial charge is 0.492 e. The van der Waals surface area contributed by atoms with Crippen molar-refractivity contribution in [3.63, 3.8) is 0 Å². The Balaban J connectivity index is 2.20. The summed E-state index contributed by atoms with van der Waals surface area (Å²) in [6, 6.07) is 4.70. The quantitative estimate of drug-likeness (QED) is 0.758. The van der Waals surface area contributed by atoms with E-state index in [9.17, 15) is 8.42 Å². The molecule has 6 heteroatoms. The summed E-state index contributed by atoms with van der Waals surface area (Å²) in [6.07, 6.45) is 4.34. The average molecular weight is 312 g/mol. The molecule has 0 atom stereocenters. The molecule has 0 aromatic heterocycles. The minimum absolute atomic E-state index is 0.120. The lowest BCUT2D eigenvalue weighted by molar-refractivity contribution is 0.133. The number of hydrogen-bond donors (Lipinski definition) is 2. The summed E-state index contributed by atoms with van der Waals surface area (Å²) >= 11 is 0. The Labute approximate surface area is 126 Å². The van der Waals surface area contributed by atoms with Crippen molar-refractivity contribution in [1.82, 2.24) is 4.72 Å². The normalized spacial score (nSPS) is 17.2. The third kappa shape index (κ3) is 3.49. The average Bonchev–Trinajstić information content (AvgIpc) is 2.40. The maximum absolute atomic E-state index is 12.5. The Morgan fingerprint density at radius 1 is 1.33 bits per heavy atom. The second-order valence-electron chi connectivity index (χ2n) is 5.67. The van der Waals surface area contributed by atoms with E-state index in [1.54, 1.807) is 12.1 Å². The molecule has 1 aliphatic carbocycles. The first-order valence-corrected chi connectivity index (χ1v) is 8.93. The van der Waals surface area contributed by atoms with Crippen molar-refractivity contribution in [2.75, 3.05) is 18.9 Å². The van der Waals surface area contributed by atoms with Gasteiger partial charge in [-0.15, -0.1) is 0 Å². The molecule has 2 rings (SSSR count). The smallest absolute Gasteiger partial charge is 0.244 e. The topological polar surface area (TPSA) is 81.4 Å². The Kier molecular flexibility index (Phi) is 4.78. The molecular formula is C15H24N2O3S. The van der Waals surface area contributed by atoms with Crippen molar-refractivity contribution in [1.29, 1.82) is 0 Å². The highest BCUT2D eigenvalue weighted by atomic mass is 32.2. The van der Waals surface area contributed by atoms with Crippen LogP contribution in [0, 0.1) is 5.41 Å². The molecule has 0 saturated heterocycles. The number of rotatable bonds is 7. The van der Waals surface area contributed by atoms with Crippen LogP contribution in [0.5, 0.6) is 5.75 Å². The van der Waals surface area contributed by atoms with Crippen LogP contribution in [0.15, 0.2) is 23.1 Å². The number of nitrogen functional groups attached to an aromatic ring is 1. The fraction of sp³-hybridized carbons (Fsp3) is 0.600. The minimum atomic E-state index is -3.61. The van der Waals surface area contributed by atoms with E-state index >= 15 is 0 Å². The summed E-state index contributed by atoms with van der Waals surface area (Å²) in [6.45, 7) is 4.82. The highest BCUT2D eigenvalue weighted by Crippen LogP contribution is 2.43. The third-order valence-corrected chi connectivity index (χ3v) is 5.78. The number of nitrogens with one attached hydrogen (secondary N) is 1. The molecule has 1 aromatic carbocycles. The minimum Gasteiger partial charge on any atom is -0.492 e. The van der Waals surface area contributed by atoms with Gasteiger partial charge in [-0.2, -0.15) is 0 Å². The SMILES string of the molecule is CCOc1ccc(N)cc1S(=O)(=O)NCC1(CC)CCC1. The van der Waals surface area contributed by atoms with Crippen molar-refractivity contribution >= 4 is 15.7 Å². The molecule has 0 amide bonds. The molecule has 0 heterocycles. The van der Waals surface area contributed by atoms with E-state index in [1.165, 1.54) is 12.5 Å². The van der Waals surface area contributed by atoms with Crippen LogP contribution in [0.25, 0.3) is 0 Å². The maximum Gasteiger partial charge on any atom is 0.244 e. The molecule has 0 bridgehead atoms. The molecule has 1 aromatic rings. The van der Waals surface area contributed by atoms with E-state index in [0.29, 0.717) is 24.6 Å². The Morgan fingerprint density at radius 2 is 2.05 bits per heavy atom. The van der Waals surface area contributed by atoms with Crippen molar-refractivity contribution in [3.05, 3.63) is 18.2 Å². The highest BCUT2D eigenvalue weighted by molar-refractivity contribution is 7.89. The van der Waals surface area contributed by atoms with Crippen molar-refractivity contribution < 1.29 is 13.2 Å². The predicted octanol–water partition coefficient (Wildman–Crippen LogP) is 2.53. The van der Waals surface area contributed by atoms with Gasteiger partial charge in [0.25, 0.3) is 0 Å². The first kappa shape index (κ1) is 16.1. The van der Waals surface area contributed by atoms with E-state index in [4.69, 9.17) is 10.5 Å². The second-order valence-corrected chi connectivity index (χ2v) is 7.41. The van der Waals surface area contributed by atoms with Crippen molar-refractivity contribution in [2.24, 2.45) is 5.41 Å². The van der Waals surface area contributed by atoms with Gasteiger partial charge in [-0.1, -0.05) is 13.3 Å². The molecule has 118 valence electrons. The number of hydrogen-bond acceptors (Lipinski definition) is 4. The van der Waals surface area contributed by atoms with Gasteiger partial charge in [-0.05, 0) is 49.8 Å². The van der Waals surface area contributed by atoms with E-state index < -0.39 is 10.0 Å². The van der Waals surface area contributed by atoms with Crippen LogP contribution >= 0.6 is 0 Å². The van der Waals surface area contributed by atoms with E-state index in [1.807, 2.05) is 6.92 Å². The van der Waals surface area contributed by atoms with Crippen molar-refractivity contribution in [2.45, 2.75) is 44.4 Å². The van der Waals surface area contributed by atoms with Gasteiger partial charge in [0.2, 0.25) is 10.0 Å². The number of ether oxygens (including phenoxy) is 1. The van der Waals surface area contributed by atoms with Gasteiger partial charge in [-0.25, -0.2) is 13.1 Å². The molecule has 0 spiro atoms. The zero-order chi connectivity index (χ0) is 15.5. The lowest BCUT2D eigenvalue weighted by Gasteiger charge is -2.41. The fourth-order valence-electron chi connectivity index (χ4n) is 2.67. The third-order valence-electron chi connectivity index (χ3n) is 4.36. The van der Waals surface area contributed by atoms with Gasteiger partial charge in [0, 0.05) is 12.2 Å². The summed E-state index contributed by atoms with van der Waals surface area (Å²) in [5, 5.41) is 0. The standard InChI is InChI=1S/C15H24N2O3S/c1-3-15(8-5-9-15)11-17-21(18,19)14-10-12(16)6-7-13(14)20-4-2/h6-7,10,17H,3-5,8-9,11,16H2,1-2H3. The van der Waals surface area contributed by atoms with Crippen LogP contribution in [0.3, 0.4) is 0 Å². The zero-order valence-electron chi connectivity index (χ0n) is 12.7. The van der Waals surface area contributed by atoms with Gasteiger partial charge in [-0.3, -0.25) is 0 Å². The van der Waals surface area contributed by atoms with Crippen LogP contribution in [0.2, 0.25) is 0 Å². The van der Waals surface area contributed by atoms with E-state index in [-0.39, 0.29) is 10.3 Å². The molecule has 3 N–H and O–H groups in total. The summed E-state index contributed by atoms with van der Waals surface area (Å²) in [7, 11) is -3.61. The van der Waals surface area contributed by atoms with Crippen LogP contribution < -0.4 is 15.2 Å². The predicted molar refractivity (Wildman–Crippen MR) is 83.8 cm³/mol. The highest BCUT2D eigenvalue weighted by Gasteiger charge is 2.36. The van der Waals surface area contributed by atoms with E-state index in [0.717, 1.165) is 19.3 Å². The Morgan fingerprint density at radius 3 is 2.57 bits per heavy atom. The molecule has 21 heavy (non-hydrogen) atoms.